The lowest BCUT2D eigenvalue weighted by atomic mass is 10.1. The maximum atomic E-state index is 13.3. The van der Waals surface area contributed by atoms with Crippen molar-refractivity contribution in [3.05, 3.63) is 41.4 Å². The van der Waals surface area contributed by atoms with E-state index in [1.807, 2.05) is 0 Å². The predicted octanol–water partition coefficient (Wildman–Crippen LogP) is 4.51. The molecule has 0 unspecified atom stereocenters. The summed E-state index contributed by atoms with van der Waals surface area (Å²) in [5, 5.41) is 3.00. The number of nitrogens with one attached hydrogen (secondary N) is 1. The van der Waals surface area contributed by atoms with Gasteiger partial charge in [0.25, 0.3) is 5.91 Å². The van der Waals surface area contributed by atoms with Gasteiger partial charge in [0.2, 0.25) is 5.89 Å². The first-order chi connectivity index (χ1) is 15.2. The van der Waals surface area contributed by atoms with E-state index in [0.29, 0.717) is 29.8 Å². The van der Waals surface area contributed by atoms with Gasteiger partial charge in [-0.2, -0.15) is 13.2 Å². The number of alkyl halides is 4. The fraction of sp³-hybridized carbons (Fsp3) is 0.381. The molecule has 11 heteroatoms. The molecular formula is C21H22ClF3N4O3. The van der Waals surface area contributed by atoms with Gasteiger partial charge in [0.1, 0.15) is 17.0 Å². The molecule has 32 heavy (non-hydrogen) atoms. The predicted molar refractivity (Wildman–Crippen MR) is 114 cm³/mol. The number of benzene rings is 1. The Morgan fingerprint density at radius 2 is 2.00 bits per heavy atom. The van der Waals surface area contributed by atoms with E-state index in [-0.39, 0.29) is 41.3 Å². The van der Waals surface area contributed by atoms with Crippen molar-refractivity contribution in [1.82, 2.24) is 15.3 Å². The fourth-order valence-electron chi connectivity index (χ4n) is 3.02. The average Bonchev–Trinajstić information content (AvgIpc) is 3.17. The molecule has 0 spiro atoms. The summed E-state index contributed by atoms with van der Waals surface area (Å²) in [5.41, 5.74) is 5.02. The Morgan fingerprint density at radius 1 is 1.25 bits per heavy atom. The molecule has 1 aromatic carbocycles. The van der Waals surface area contributed by atoms with Gasteiger partial charge in [-0.15, -0.1) is 11.6 Å². The number of fused-ring (bicyclic) bond motifs is 1. The average molecular weight is 471 g/mol. The second-order valence-corrected chi connectivity index (χ2v) is 7.54. The van der Waals surface area contributed by atoms with Gasteiger partial charge in [0.15, 0.2) is 11.5 Å². The van der Waals surface area contributed by atoms with E-state index in [9.17, 15) is 18.0 Å². The Kier molecular flexibility index (Phi) is 7.25. The topological polar surface area (TPSA) is 103 Å². The second kappa shape index (κ2) is 9.74. The van der Waals surface area contributed by atoms with Crippen LogP contribution in [-0.2, 0) is 12.7 Å². The monoisotopic (exact) mass is 470 g/mol. The maximum Gasteiger partial charge on any atom is 0.433 e. The molecule has 2 heterocycles. The van der Waals surface area contributed by atoms with Gasteiger partial charge in [-0.25, -0.2) is 9.97 Å². The molecule has 0 saturated carbocycles. The molecule has 0 radical (unpaired) electrons. The lowest BCUT2D eigenvalue weighted by Gasteiger charge is -2.14. The van der Waals surface area contributed by atoms with Crippen molar-refractivity contribution in [2.24, 2.45) is 5.73 Å². The molecular weight excluding hydrogens is 449 g/mol. The van der Waals surface area contributed by atoms with Crippen LogP contribution in [-0.4, -0.2) is 34.4 Å². The first-order valence-corrected chi connectivity index (χ1v) is 10.4. The molecule has 0 aliphatic carbocycles. The van der Waals surface area contributed by atoms with Crippen molar-refractivity contribution >= 4 is 28.4 Å². The number of carbonyl (C=O) groups excluding carboxylic acids is 1. The summed E-state index contributed by atoms with van der Waals surface area (Å²) >= 11 is 5.62. The number of pyridine rings is 1. The molecule has 0 aliphatic heterocycles. The Morgan fingerprint density at radius 3 is 2.62 bits per heavy atom. The van der Waals surface area contributed by atoms with Gasteiger partial charge in [-0.05, 0) is 44.5 Å². The molecule has 0 saturated heterocycles. The van der Waals surface area contributed by atoms with E-state index >= 15 is 0 Å². The number of hydrogen-bond acceptors (Lipinski definition) is 6. The highest BCUT2D eigenvalue weighted by Crippen LogP contribution is 2.37. The summed E-state index contributed by atoms with van der Waals surface area (Å²) in [6, 6.07) is 5.24. The van der Waals surface area contributed by atoms with Crippen LogP contribution in [0, 0.1) is 0 Å². The number of rotatable bonds is 8. The molecule has 0 bridgehead atoms. The molecule has 1 amide bonds. The Hall–Kier alpha value is -2.85. The Balaban J connectivity index is 2.12. The van der Waals surface area contributed by atoms with Crippen molar-refractivity contribution in [2.45, 2.75) is 39.1 Å². The zero-order valence-corrected chi connectivity index (χ0v) is 18.2. The van der Waals surface area contributed by atoms with Crippen LogP contribution >= 0.6 is 11.6 Å². The quantitative estimate of drug-likeness (QED) is 0.371. The molecule has 172 valence electrons. The van der Waals surface area contributed by atoms with E-state index in [1.165, 1.54) is 12.1 Å². The van der Waals surface area contributed by atoms with Gasteiger partial charge in [-0.3, -0.25) is 4.79 Å². The Labute approximate surface area is 187 Å². The SMILES string of the molecule is CC(C)Oc1ccc(-c2nc(C(=O)NCCCCl)c(CN)o2)c2ccc(C(F)(F)F)nc12. The van der Waals surface area contributed by atoms with E-state index in [0.717, 1.165) is 6.07 Å². The molecule has 7 nitrogen and oxygen atoms in total. The smallest absolute Gasteiger partial charge is 0.433 e. The van der Waals surface area contributed by atoms with Crippen LogP contribution in [0.3, 0.4) is 0 Å². The largest absolute Gasteiger partial charge is 0.489 e. The van der Waals surface area contributed by atoms with Crippen molar-refractivity contribution < 1.29 is 27.1 Å². The third-order valence-electron chi connectivity index (χ3n) is 4.40. The third-order valence-corrected chi connectivity index (χ3v) is 4.66. The number of halogens is 4. The summed E-state index contributed by atoms with van der Waals surface area (Å²) in [5.74, 6) is 0.286. The molecule has 0 aliphatic rings. The summed E-state index contributed by atoms with van der Waals surface area (Å²) in [6.45, 7) is 3.77. The van der Waals surface area contributed by atoms with Crippen LogP contribution in [0.1, 0.15) is 42.2 Å². The number of carbonyl (C=O) groups is 1. The van der Waals surface area contributed by atoms with Gasteiger partial charge < -0.3 is 20.2 Å². The number of nitrogens with two attached hydrogens (primary N) is 1. The van der Waals surface area contributed by atoms with E-state index in [1.54, 1.807) is 19.9 Å². The van der Waals surface area contributed by atoms with Gasteiger partial charge in [-0.1, -0.05) is 0 Å². The molecule has 3 N–H and O–H groups in total. The van der Waals surface area contributed by atoms with Gasteiger partial charge in [0, 0.05) is 23.4 Å². The number of aromatic nitrogens is 2. The van der Waals surface area contributed by atoms with Crippen LogP contribution < -0.4 is 15.8 Å². The number of hydrogen-bond donors (Lipinski definition) is 2. The normalized spacial score (nSPS) is 11.9. The summed E-state index contributed by atoms with van der Waals surface area (Å²) < 4.78 is 51.1. The first kappa shape index (κ1) is 23.8. The van der Waals surface area contributed by atoms with Gasteiger partial charge in [0.05, 0.1) is 12.6 Å². The fourth-order valence-corrected chi connectivity index (χ4v) is 3.15. The van der Waals surface area contributed by atoms with Crippen molar-refractivity contribution in [3.63, 3.8) is 0 Å². The zero-order valence-electron chi connectivity index (χ0n) is 17.4. The number of amides is 1. The molecule has 0 fully saturated rings. The molecule has 0 atom stereocenters. The lowest BCUT2D eigenvalue weighted by molar-refractivity contribution is -0.140. The minimum atomic E-state index is -4.62. The second-order valence-electron chi connectivity index (χ2n) is 7.16. The minimum Gasteiger partial charge on any atom is -0.489 e. The Bertz CT molecular complexity index is 1120. The van der Waals surface area contributed by atoms with Gasteiger partial charge >= 0.3 is 6.18 Å². The van der Waals surface area contributed by atoms with E-state index in [2.05, 4.69) is 15.3 Å². The zero-order chi connectivity index (χ0) is 23.5. The minimum absolute atomic E-state index is 0.00615. The highest BCUT2D eigenvalue weighted by atomic mass is 35.5. The van der Waals surface area contributed by atoms with Crippen LogP contribution in [0.15, 0.2) is 28.7 Å². The number of ether oxygens (including phenoxy) is 1. The van der Waals surface area contributed by atoms with Crippen LogP contribution in [0.2, 0.25) is 0 Å². The third kappa shape index (κ3) is 5.13. The maximum absolute atomic E-state index is 13.3. The number of oxazole rings is 1. The van der Waals surface area contributed by atoms with E-state index < -0.39 is 17.8 Å². The summed E-state index contributed by atoms with van der Waals surface area (Å²) in [6.07, 6.45) is -4.33. The highest BCUT2D eigenvalue weighted by Gasteiger charge is 2.33. The highest BCUT2D eigenvalue weighted by molar-refractivity contribution is 6.17. The number of nitrogens with zero attached hydrogens (tertiary/aromatic N) is 2. The molecule has 3 aromatic rings. The molecule has 3 rings (SSSR count). The van der Waals surface area contributed by atoms with Crippen LogP contribution in [0.4, 0.5) is 13.2 Å². The van der Waals surface area contributed by atoms with Crippen LogP contribution in [0.5, 0.6) is 5.75 Å². The van der Waals surface area contributed by atoms with Crippen molar-refractivity contribution in [2.75, 3.05) is 12.4 Å². The first-order valence-electron chi connectivity index (χ1n) is 9.87. The van der Waals surface area contributed by atoms with Crippen molar-refractivity contribution in [3.8, 4) is 17.2 Å². The lowest BCUT2D eigenvalue weighted by Crippen LogP contribution is -2.26. The molecule has 2 aromatic heterocycles. The summed E-state index contributed by atoms with van der Waals surface area (Å²) in [7, 11) is 0. The van der Waals surface area contributed by atoms with Crippen molar-refractivity contribution in [1.29, 1.82) is 0 Å². The summed E-state index contributed by atoms with van der Waals surface area (Å²) in [4.78, 5) is 20.5. The van der Waals surface area contributed by atoms with Crippen LogP contribution in [0.25, 0.3) is 22.4 Å². The van der Waals surface area contributed by atoms with E-state index in [4.69, 9.17) is 26.5 Å². The standard InChI is InChI=1S/C21H22ClF3N4O3/c1-11(2)31-14-6-4-13(12-5-7-16(21(23,24)25)28-17(12)14)20-29-18(15(10-26)32-20)19(30)27-9-3-8-22/h4-7,11H,3,8-10,26H2,1-2H3,(H,27,30).